The van der Waals surface area contributed by atoms with Crippen molar-refractivity contribution in [3.05, 3.63) is 0 Å². The van der Waals surface area contributed by atoms with Crippen molar-refractivity contribution in [3.8, 4) is 0 Å². The molecule has 0 radical (unpaired) electrons. The Labute approximate surface area is 91.8 Å². The molecule has 2 N–H and O–H groups in total. The van der Waals surface area contributed by atoms with Crippen LogP contribution in [-0.2, 0) is 9.59 Å². The van der Waals surface area contributed by atoms with Gasteiger partial charge in [-0.05, 0) is 19.3 Å². The Hall–Kier alpha value is -1.04. The molecule has 90 valence electrons. The number of halogens is 2. The lowest BCUT2D eigenvalue weighted by molar-refractivity contribution is -0.158. The molecule has 4 nitrogen and oxygen atoms in total. The van der Waals surface area contributed by atoms with Crippen molar-refractivity contribution in [2.24, 2.45) is 17.6 Å². The average molecular weight is 232 g/mol. The summed E-state index contributed by atoms with van der Waals surface area (Å²) in [7, 11) is 0. The van der Waals surface area contributed by atoms with Gasteiger partial charge in [-0.1, -0.05) is 0 Å². The Bertz CT molecular complexity index is 311. The number of hydrogen-bond acceptors (Lipinski definition) is 3. The van der Waals surface area contributed by atoms with Crippen LogP contribution in [0.4, 0.5) is 8.78 Å². The highest BCUT2D eigenvalue weighted by molar-refractivity contribution is 6.00. The number of nitrogens with two attached hydrogens (primary N) is 1. The maximum atomic E-state index is 13.1. The van der Waals surface area contributed by atoms with Crippen LogP contribution in [0.5, 0.6) is 0 Å². The van der Waals surface area contributed by atoms with Crippen LogP contribution in [0.3, 0.4) is 0 Å². The highest BCUT2D eigenvalue weighted by atomic mass is 19.3. The third-order valence-corrected chi connectivity index (χ3v) is 3.35. The van der Waals surface area contributed by atoms with E-state index in [-0.39, 0.29) is 11.8 Å². The SMILES string of the molecule is NCC(F)(F)CN1C(=O)C2CCC(C2)C1=O. The summed E-state index contributed by atoms with van der Waals surface area (Å²) in [5, 5.41) is 0. The fourth-order valence-corrected chi connectivity index (χ4v) is 2.43. The van der Waals surface area contributed by atoms with E-state index < -0.39 is 30.8 Å². The van der Waals surface area contributed by atoms with Crippen molar-refractivity contribution in [1.29, 1.82) is 0 Å². The van der Waals surface area contributed by atoms with Crippen LogP contribution in [-0.4, -0.2) is 35.7 Å². The molecule has 2 fully saturated rings. The summed E-state index contributed by atoms with van der Waals surface area (Å²) in [5.41, 5.74) is 4.90. The number of fused-ring (bicyclic) bond motifs is 2. The first kappa shape index (κ1) is 11.4. The minimum absolute atomic E-state index is 0.240. The summed E-state index contributed by atoms with van der Waals surface area (Å²) < 4.78 is 26.2. The van der Waals surface area contributed by atoms with Crippen LogP contribution in [0.15, 0.2) is 0 Å². The van der Waals surface area contributed by atoms with Crippen LogP contribution in [0.1, 0.15) is 19.3 Å². The molecule has 0 spiro atoms. The molecule has 2 rings (SSSR count). The summed E-state index contributed by atoms with van der Waals surface area (Å²) in [6.45, 7) is -1.71. The monoisotopic (exact) mass is 232 g/mol. The number of piperidine rings is 1. The lowest BCUT2D eigenvalue weighted by Crippen LogP contribution is -2.52. The van der Waals surface area contributed by atoms with Crippen LogP contribution >= 0.6 is 0 Å². The zero-order valence-electron chi connectivity index (χ0n) is 8.79. The fourth-order valence-electron chi connectivity index (χ4n) is 2.43. The predicted molar refractivity (Wildman–Crippen MR) is 51.6 cm³/mol. The summed E-state index contributed by atoms with van der Waals surface area (Å²) in [6, 6.07) is 0. The van der Waals surface area contributed by atoms with E-state index in [2.05, 4.69) is 0 Å². The first-order valence-electron chi connectivity index (χ1n) is 5.38. The second-order valence-electron chi connectivity index (χ2n) is 4.53. The first-order valence-corrected chi connectivity index (χ1v) is 5.38. The molecule has 0 aromatic rings. The Morgan fingerprint density at radius 1 is 1.25 bits per heavy atom. The second kappa shape index (κ2) is 3.76. The van der Waals surface area contributed by atoms with Gasteiger partial charge in [-0.25, -0.2) is 8.78 Å². The molecule has 1 saturated carbocycles. The molecule has 2 unspecified atom stereocenters. The zero-order valence-corrected chi connectivity index (χ0v) is 8.79. The van der Waals surface area contributed by atoms with Gasteiger partial charge in [-0.3, -0.25) is 14.5 Å². The fraction of sp³-hybridized carbons (Fsp3) is 0.800. The minimum atomic E-state index is -3.18. The Kier molecular flexibility index (Phi) is 2.69. The summed E-state index contributed by atoms with van der Waals surface area (Å²) >= 11 is 0. The molecule has 1 heterocycles. The Balaban J connectivity index is 2.14. The zero-order chi connectivity index (χ0) is 11.9. The summed E-state index contributed by atoms with van der Waals surface area (Å²) in [4.78, 5) is 24.1. The third-order valence-electron chi connectivity index (χ3n) is 3.35. The van der Waals surface area contributed by atoms with Gasteiger partial charge in [0, 0.05) is 11.8 Å². The van der Waals surface area contributed by atoms with E-state index in [1.807, 2.05) is 0 Å². The molecule has 1 aliphatic carbocycles. The van der Waals surface area contributed by atoms with E-state index in [4.69, 9.17) is 5.73 Å². The topological polar surface area (TPSA) is 63.4 Å². The quantitative estimate of drug-likeness (QED) is 0.715. The number of amides is 2. The van der Waals surface area contributed by atoms with E-state index in [1.165, 1.54) is 0 Å². The largest absolute Gasteiger partial charge is 0.325 e. The average Bonchev–Trinajstić information content (AvgIpc) is 2.69. The number of rotatable bonds is 3. The molecular formula is C10H14F2N2O2. The molecule has 6 heteroatoms. The maximum absolute atomic E-state index is 13.1. The maximum Gasteiger partial charge on any atom is 0.277 e. The minimum Gasteiger partial charge on any atom is -0.325 e. The van der Waals surface area contributed by atoms with E-state index in [1.54, 1.807) is 0 Å². The van der Waals surface area contributed by atoms with Gasteiger partial charge in [0.2, 0.25) is 11.8 Å². The standard InChI is InChI=1S/C10H14F2N2O2/c11-10(12,4-13)5-14-8(15)6-1-2-7(3-6)9(14)16/h6-7H,1-5,13H2. The van der Waals surface area contributed by atoms with Gasteiger partial charge < -0.3 is 5.73 Å². The molecule has 0 aromatic carbocycles. The molecular weight excluding hydrogens is 218 g/mol. The Morgan fingerprint density at radius 2 is 1.75 bits per heavy atom. The molecule has 2 aliphatic rings. The van der Waals surface area contributed by atoms with Gasteiger partial charge in [0.15, 0.2) is 0 Å². The smallest absolute Gasteiger partial charge is 0.277 e. The van der Waals surface area contributed by atoms with Gasteiger partial charge in [0.25, 0.3) is 5.92 Å². The van der Waals surface area contributed by atoms with Gasteiger partial charge >= 0.3 is 0 Å². The number of imide groups is 1. The van der Waals surface area contributed by atoms with Crippen molar-refractivity contribution in [3.63, 3.8) is 0 Å². The van der Waals surface area contributed by atoms with Crippen LogP contribution in [0.2, 0.25) is 0 Å². The molecule has 16 heavy (non-hydrogen) atoms. The highest BCUT2D eigenvalue weighted by Gasteiger charge is 2.47. The van der Waals surface area contributed by atoms with Crippen LogP contribution in [0, 0.1) is 11.8 Å². The van der Waals surface area contributed by atoms with Gasteiger partial charge in [0.05, 0.1) is 13.1 Å². The highest BCUT2D eigenvalue weighted by Crippen LogP contribution is 2.38. The number of likely N-dealkylation sites (tertiary alicyclic amines) is 1. The predicted octanol–water partition coefficient (Wildman–Crippen LogP) is 0.365. The van der Waals surface area contributed by atoms with Gasteiger partial charge in [-0.2, -0.15) is 0 Å². The molecule has 1 aliphatic heterocycles. The normalized spacial score (nSPS) is 30.1. The van der Waals surface area contributed by atoms with Crippen molar-refractivity contribution in [1.82, 2.24) is 4.90 Å². The van der Waals surface area contributed by atoms with E-state index >= 15 is 0 Å². The van der Waals surface area contributed by atoms with Gasteiger partial charge in [0.1, 0.15) is 0 Å². The van der Waals surface area contributed by atoms with Crippen molar-refractivity contribution < 1.29 is 18.4 Å². The van der Waals surface area contributed by atoms with E-state index in [0.717, 1.165) is 0 Å². The summed E-state index contributed by atoms with van der Waals surface area (Å²) in [5.74, 6) is -4.56. The Morgan fingerprint density at radius 3 is 2.19 bits per heavy atom. The molecule has 2 amide bonds. The lowest BCUT2D eigenvalue weighted by atomic mass is 9.97. The number of carbonyl (C=O) groups excluding carboxylic acids is 2. The van der Waals surface area contributed by atoms with Gasteiger partial charge in [-0.15, -0.1) is 0 Å². The van der Waals surface area contributed by atoms with Crippen molar-refractivity contribution in [2.45, 2.75) is 25.2 Å². The molecule has 2 atom stereocenters. The lowest BCUT2D eigenvalue weighted by Gasteiger charge is -2.31. The molecule has 0 aromatic heterocycles. The van der Waals surface area contributed by atoms with E-state index in [9.17, 15) is 18.4 Å². The van der Waals surface area contributed by atoms with Crippen LogP contribution < -0.4 is 5.73 Å². The number of hydrogen-bond donors (Lipinski definition) is 1. The number of alkyl halides is 2. The van der Waals surface area contributed by atoms with Crippen LogP contribution in [0.25, 0.3) is 0 Å². The number of carbonyl (C=O) groups is 2. The summed E-state index contributed by atoms with van der Waals surface area (Å²) in [6.07, 6.45) is 1.81. The van der Waals surface area contributed by atoms with Crippen molar-refractivity contribution in [2.75, 3.05) is 13.1 Å². The van der Waals surface area contributed by atoms with E-state index in [0.29, 0.717) is 24.2 Å². The second-order valence-corrected chi connectivity index (χ2v) is 4.53. The molecule has 1 saturated heterocycles. The van der Waals surface area contributed by atoms with Crippen molar-refractivity contribution >= 4 is 11.8 Å². The first-order chi connectivity index (χ1) is 7.44. The third kappa shape index (κ3) is 1.81. The molecule has 2 bridgehead atoms. The number of nitrogens with zero attached hydrogens (tertiary/aromatic N) is 1.